The SMILES string of the molecule is CCOC(=O)c1cnc2cc(OCC)c(N3CCCN(C)CC3)cc2c1Nc1cc(F)ccc1F. The number of ether oxygens (including phenoxy) is 2. The number of esters is 1. The molecule has 7 nitrogen and oxygen atoms in total. The third kappa shape index (κ3) is 5.45. The molecule has 3 aromatic rings. The molecule has 1 aliphatic rings. The lowest BCUT2D eigenvalue weighted by atomic mass is 10.1. The maximum Gasteiger partial charge on any atom is 0.341 e. The lowest BCUT2D eigenvalue weighted by Gasteiger charge is -2.26. The molecular weight excluding hydrogens is 454 g/mol. The molecule has 0 aliphatic carbocycles. The molecule has 0 amide bonds. The van der Waals surface area contributed by atoms with E-state index in [-0.39, 0.29) is 17.9 Å². The molecule has 1 fully saturated rings. The highest BCUT2D eigenvalue weighted by molar-refractivity contribution is 6.07. The van der Waals surface area contributed by atoms with Crippen molar-refractivity contribution in [3.05, 3.63) is 53.7 Å². The largest absolute Gasteiger partial charge is 0.492 e. The summed E-state index contributed by atoms with van der Waals surface area (Å²) in [7, 11) is 2.10. The van der Waals surface area contributed by atoms with Gasteiger partial charge in [-0.25, -0.2) is 13.6 Å². The van der Waals surface area contributed by atoms with Crippen LogP contribution in [0.1, 0.15) is 30.6 Å². The van der Waals surface area contributed by atoms with Gasteiger partial charge in [-0.2, -0.15) is 0 Å². The molecule has 1 aromatic heterocycles. The van der Waals surface area contributed by atoms with Gasteiger partial charge in [0, 0.05) is 43.4 Å². The van der Waals surface area contributed by atoms with E-state index < -0.39 is 17.6 Å². The molecule has 2 aromatic carbocycles. The van der Waals surface area contributed by atoms with E-state index in [1.807, 2.05) is 19.1 Å². The van der Waals surface area contributed by atoms with Gasteiger partial charge >= 0.3 is 5.97 Å². The average Bonchev–Trinajstić information content (AvgIpc) is 3.06. The lowest BCUT2D eigenvalue weighted by Crippen LogP contribution is -2.29. The summed E-state index contributed by atoms with van der Waals surface area (Å²) in [6, 6.07) is 6.86. The number of hydrogen-bond acceptors (Lipinski definition) is 7. The summed E-state index contributed by atoms with van der Waals surface area (Å²) in [5.41, 5.74) is 1.76. The first-order valence-corrected chi connectivity index (χ1v) is 11.8. The van der Waals surface area contributed by atoms with Crippen LogP contribution in [-0.4, -0.2) is 62.3 Å². The summed E-state index contributed by atoms with van der Waals surface area (Å²) in [5, 5.41) is 3.52. The number of halogens is 2. The highest BCUT2D eigenvalue weighted by atomic mass is 19.1. The number of aromatic nitrogens is 1. The van der Waals surface area contributed by atoms with Crippen LogP contribution in [-0.2, 0) is 4.74 Å². The van der Waals surface area contributed by atoms with Gasteiger partial charge in [0.15, 0.2) is 0 Å². The van der Waals surface area contributed by atoms with Gasteiger partial charge in [0.05, 0.1) is 35.8 Å². The molecule has 0 spiro atoms. The van der Waals surface area contributed by atoms with Crippen molar-refractivity contribution in [3.8, 4) is 5.75 Å². The molecule has 35 heavy (non-hydrogen) atoms. The van der Waals surface area contributed by atoms with Crippen molar-refractivity contribution in [2.45, 2.75) is 20.3 Å². The van der Waals surface area contributed by atoms with E-state index >= 15 is 0 Å². The molecule has 0 atom stereocenters. The van der Waals surface area contributed by atoms with Crippen LogP contribution in [0.2, 0.25) is 0 Å². The molecule has 4 rings (SSSR count). The number of anilines is 3. The van der Waals surface area contributed by atoms with Crippen molar-refractivity contribution in [2.24, 2.45) is 0 Å². The van der Waals surface area contributed by atoms with Crippen molar-refractivity contribution in [2.75, 3.05) is 56.7 Å². The van der Waals surface area contributed by atoms with Crippen LogP contribution in [0.15, 0.2) is 36.5 Å². The summed E-state index contributed by atoms with van der Waals surface area (Å²) in [5.74, 6) is -1.16. The van der Waals surface area contributed by atoms with Crippen molar-refractivity contribution >= 4 is 33.9 Å². The maximum atomic E-state index is 14.6. The first kappa shape index (κ1) is 24.7. The summed E-state index contributed by atoms with van der Waals surface area (Å²) < 4.78 is 39.7. The second-order valence-corrected chi connectivity index (χ2v) is 8.43. The van der Waals surface area contributed by atoms with Crippen LogP contribution < -0.4 is 15.0 Å². The minimum Gasteiger partial charge on any atom is -0.492 e. The number of likely N-dealkylation sites (N-methyl/N-ethyl adjacent to an activating group) is 1. The average molecular weight is 485 g/mol. The number of benzene rings is 2. The van der Waals surface area contributed by atoms with Gasteiger partial charge in [-0.05, 0) is 52.1 Å². The first-order valence-electron chi connectivity index (χ1n) is 11.8. The predicted molar refractivity (Wildman–Crippen MR) is 133 cm³/mol. The van der Waals surface area contributed by atoms with Crippen LogP contribution in [0.5, 0.6) is 5.75 Å². The van der Waals surface area contributed by atoms with E-state index in [1.165, 1.54) is 6.20 Å². The maximum absolute atomic E-state index is 14.6. The second-order valence-electron chi connectivity index (χ2n) is 8.43. The van der Waals surface area contributed by atoms with Gasteiger partial charge in [-0.3, -0.25) is 4.98 Å². The smallest absolute Gasteiger partial charge is 0.341 e. The summed E-state index contributed by atoms with van der Waals surface area (Å²) >= 11 is 0. The third-order valence-corrected chi connectivity index (χ3v) is 5.99. The number of nitrogens with one attached hydrogen (secondary N) is 1. The highest BCUT2D eigenvalue weighted by Crippen LogP contribution is 2.39. The van der Waals surface area contributed by atoms with Crippen molar-refractivity contribution < 1.29 is 23.0 Å². The molecule has 2 heterocycles. The molecule has 0 saturated carbocycles. The zero-order chi connectivity index (χ0) is 24.9. The minimum absolute atomic E-state index is 0.0881. The van der Waals surface area contributed by atoms with Crippen LogP contribution in [0.25, 0.3) is 10.9 Å². The first-order chi connectivity index (χ1) is 16.9. The normalized spacial score (nSPS) is 14.6. The molecule has 0 unspecified atom stereocenters. The zero-order valence-electron chi connectivity index (χ0n) is 20.2. The Hall–Kier alpha value is -3.46. The van der Waals surface area contributed by atoms with E-state index in [2.05, 4.69) is 27.1 Å². The molecule has 9 heteroatoms. The highest BCUT2D eigenvalue weighted by Gasteiger charge is 2.23. The van der Waals surface area contributed by atoms with Gasteiger partial charge in [-0.15, -0.1) is 0 Å². The van der Waals surface area contributed by atoms with Gasteiger partial charge in [-0.1, -0.05) is 0 Å². The Kier molecular flexibility index (Phi) is 7.65. The molecule has 1 saturated heterocycles. The summed E-state index contributed by atoms with van der Waals surface area (Å²) in [6.45, 7) is 7.79. The number of nitrogens with zero attached hydrogens (tertiary/aromatic N) is 3. The molecule has 0 radical (unpaired) electrons. The number of hydrogen-bond donors (Lipinski definition) is 1. The Bertz CT molecular complexity index is 1220. The predicted octanol–water partition coefficient (Wildman–Crippen LogP) is 4.97. The topological polar surface area (TPSA) is 66.9 Å². The second kappa shape index (κ2) is 10.9. The van der Waals surface area contributed by atoms with Crippen molar-refractivity contribution in [1.82, 2.24) is 9.88 Å². The molecular formula is C26H30F2N4O3. The Morgan fingerprint density at radius 1 is 1.09 bits per heavy atom. The minimum atomic E-state index is -0.645. The van der Waals surface area contributed by atoms with Gasteiger partial charge in [0.25, 0.3) is 0 Å². The molecule has 186 valence electrons. The molecule has 1 N–H and O–H groups in total. The van der Waals surface area contributed by atoms with Gasteiger partial charge in [0.1, 0.15) is 22.9 Å². The molecule has 0 bridgehead atoms. The number of rotatable bonds is 7. The van der Waals surface area contributed by atoms with Gasteiger partial charge < -0.3 is 24.6 Å². The quantitative estimate of drug-likeness (QED) is 0.475. The summed E-state index contributed by atoms with van der Waals surface area (Å²) in [4.78, 5) is 21.8. The Morgan fingerprint density at radius 3 is 2.69 bits per heavy atom. The Balaban J connectivity index is 1.91. The number of pyridine rings is 1. The standard InChI is InChI=1S/C26H30F2N4O3/c1-4-34-24-15-21-18(14-23(24)32-10-6-9-31(3)11-12-32)25(19(16-29-21)26(33)35-5-2)30-22-13-17(27)7-8-20(22)28/h7-8,13-16H,4-6,9-12H2,1-3H3,(H,29,30). The summed E-state index contributed by atoms with van der Waals surface area (Å²) in [6.07, 6.45) is 2.37. The number of carbonyl (C=O) groups excluding carboxylic acids is 1. The van der Waals surface area contributed by atoms with Crippen molar-refractivity contribution in [3.63, 3.8) is 0 Å². The number of fused-ring (bicyclic) bond motifs is 1. The molecule has 1 aliphatic heterocycles. The Labute approximate surface area is 203 Å². The van der Waals surface area contributed by atoms with E-state index in [9.17, 15) is 13.6 Å². The third-order valence-electron chi connectivity index (χ3n) is 5.99. The van der Waals surface area contributed by atoms with Crippen LogP contribution in [0.4, 0.5) is 25.8 Å². The fraction of sp³-hybridized carbons (Fsp3) is 0.385. The van der Waals surface area contributed by atoms with Gasteiger partial charge in [0.2, 0.25) is 0 Å². The fourth-order valence-corrected chi connectivity index (χ4v) is 4.24. The van der Waals surface area contributed by atoms with Crippen LogP contribution in [0.3, 0.4) is 0 Å². The monoisotopic (exact) mass is 484 g/mol. The van der Waals surface area contributed by atoms with Crippen LogP contribution in [0, 0.1) is 11.6 Å². The van der Waals surface area contributed by atoms with Crippen LogP contribution >= 0.6 is 0 Å². The van der Waals surface area contributed by atoms with E-state index in [4.69, 9.17) is 9.47 Å². The Morgan fingerprint density at radius 2 is 1.91 bits per heavy atom. The fourth-order valence-electron chi connectivity index (χ4n) is 4.24. The van der Waals surface area contributed by atoms with E-state index in [0.29, 0.717) is 28.9 Å². The lowest BCUT2D eigenvalue weighted by molar-refractivity contribution is 0.0527. The zero-order valence-corrected chi connectivity index (χ0v) is 20.2. The van der Waals surface area contributed by atoms with E-state index in [1.54, 1.807) is 6.92 Å². The van der Waals surface area contributed by atoms with E-state index in [0.717, 1.165) is 56.5 Å². The van der Waals surface area contributed by atoms with Crippen molar-refractivity contribution in [1.29, 1.82) is 0 Å². The number of carbonyl (C=O) groups is 1.